The van der Waals surface area contributed by atoms with E-state index in [1.165, 1.54) is 17.2 Å². The van der Waals surface area contributed by atoms with E-state index in [9.17, 15) is 10.1 Å². The number of aromatic nitrogens is 1. The normalized spacial score (nSPS) is 12.2. The van der Waals surface area contributed by atoms with Crippen molar-refractivity contribution in [1.29, 1.82) is 0 Å². The minimum Gasteiger partial charge on any atom is -0.258 e. The molecule has 1 atom stereocenters. The third-order valence-electron chi connectivity index (χ3n) is 3.77. The lowest BCUT2D eigenvalue weighted by atomic mass is 9.87. The predicted octanol–water partition coefficient (Wildman–Crippen LogP) is 4.15. The van der Waals surface area contributed by atoms with Crippen LogP contribution in [0.3, 0.4) is 0 Å². The summed E-state index contributed by atoms with van der Waals surface area (Å²) < 4.78 is 0. The van der Waals surface area contributed by atoms with Crippen molar-refractivity contribution in [3.8, 4) is 0 Å². The van der Waals surface area contributed by atoms with Crippen molar-refractivity contribution < 1.29 is 4.92 Å². The van der Waals surface area contributed by atoms with Gasteiger partial charge in [-0.3, -0.25) is 15.1 Å². The Labute approximate surface area is 118 Å². The molecule has 0 fully saturated rings. The van der Waals surface area contributed by atoms with E-state index in [4.69, 9.17) is 0 Å². The fourth-order valence-corrected chi connectivity index (χ4v) is 2.54. The highest BCUT2D eigenvalue weighted by molar-refractivity contribution is 5.45. The van der Waals surface area contributed by atoms with Crippen molar-refractivity contribution in [2.75, 3.05) is 0 Å². The first-order valence-electron chi connectivity index (χ1n) is 6.71. The third-order valence-corrected chi connectivity index (χ3v) is 3.77. The van der Waals surface area contributed by atoms with Crippen LogP contribution >= 0.6 is 0 Å². The van der Waals surface area contributed by atoms with E-state index in [-0.39, 0.29) is 16.5 Å². The molecule has 4 nitrogen and oxygen atoms in total. The van der Waals surface area contributed by atoms with E-state index < -0.39 is 0 Å². The van der Waals surface area contributed by atoms with Crippen molar-refractivity contribution in [2.24, 2.45) is 0 Å². The van der Waals surface area contributed by atoms with Gasteiger partial charge in [0.05, 0.1) is 4.92 Å². The van der Waals surface area contributed by atoms with Gasteiger partial charge in [-0.2, -0.15) is 0 Å². The Morgan fingerprint density at radius 3 is 2.65 bits per heavy atom. The van der Waals surface area contributed by atoms with Crippen LogP contribution in [0.25, 0.3) is 0 Å². The maximum absolute atomic E-state index is 11.2. The van der Waals surface area contributed by atoms with Gasteiger partial charge >= 0.3 is 0 Å². The number of pyridine rings is 1. The molecule has 0 aliphatic rings. The summed E-state index contributed by atoms with van der Waals surface area (Å²) in [6.07, 6.45) is 2.40. The lowest BCUT2D eigenvalue weighted by Gasteiger charge is -2.18. The van der Waals surface area contributed by atoms with E-state index in [0.717, 1.165) is 12.0 Å². The molecule has 2 rings (SSSR count). The Morgan fingerprint density at radius 1 is 1.25 bits per heavy atom. The van der Waals surface area contributed by atoms with E-state index in [1.807, 2.05) is 19.1 Å². The van der Waals surface area contributed by atoms with Crippen LogP contribution in [0.1, 0.15) is 41.6 Å². The number of benzene rings is 1. The maximum atomic E-state index is 11.2. The highest BCUT2D eigenvalue weighted by Gasteiger charge is 2.24. The minimum atomic E-state index is -0.351. The van der Waals surface area contributed by atoms with E-state index in [0.29, 0.717) is 5.69 Å². The van der Waals surface area contributed by atoms with Crippen molar-refractivity contribution in [3.05, 3.63) is 69.0 Å². The predicted molar refractivity (Wildman–Crippen MR) is 78.9 cm³/mol. The van der Waals surface area contributed by atoms with Gasteiger partial charge in [0, 0.05) is 18.2 Å². The molecule has 0 amide bonds. The van der Waals surface area contributed by atoms with Crippen LogP contribution in [-0.4, -0.2) is 9.91 Å². The molecule has 0 saturated heterocycles. The molecule has 1 unspecified atom stereocenters. The zero-order valence-corrected chi connectivity index (χ0v) is 12.0. The smallest absolute Gasteiger partial charge is 0.258 e. The second-order valence-corrected chi connectivity index (χ2v) is 4.91. The summed E-state index contributed by atoms with van der Waals surface area (Å²) >= 11 is 0. The van der Waals surface area contributed by atoms with Crippen LogP contribution in [0.5, 0.6) is 0 Å². The van der Waals surface area contributed by atoms with Gasteiger partial charge in [-0.15, -0.1) is 0 Å². The number of nitrogens with zero attached hydrogens (tertiary/aromatic N) is 2. The fraction of sp³-hybridized carbons (Fsp3) is 0.312. The molecule has 0 bridgehead atoms. The van der Waals surface area contributed by atoms with Gasteiger partial charge in [-0.05, 0) is 43.0 Å². The molecule has 104 valence electrons. The molecule has 0 N–H and O–H groups in total. The Balaban J connectivity index is 2.59. The first-order chi connectivity index (χ1) is 9.56. The largest absolute Gasteiger partial charge is 0.291 e. The van der Waals surface area contributed by atoms with Crippen LogP contribution in [0.2, 0.25) is 0 Å². The molecule has 1 aromatic carbocycles. The van der Waals surface area contributed by atoms with Gasteiger partial charge in [0.2, 0.25) is 0 Å². The summed E-state index contributed by atoms with van der Waals surface area (Å²) in [7, 11) is 0. The first-order valence-corrected chi connectivity index (χ1v) is 6.71. The maximum Gasteiger partial charge on any atom is 0.291 e. The molecule has 0 aliphatic carbocycles. The summed E-state index contributed by atoms with van der Waals surface area (Å²) in [6, 6.07) is 9.22. The standard InChI is InChI=1S/C16H18N2O2/c1-4-13(14-8-5-7-11(2)12(14)3)16-15(18(19)20)9-6-10-17-16/h5-10,13H,4H2,1-3H3. The van der Waals surface area contributed by atoms with E-state index in [2.05, 4.69) is 24.9 Å². The number of rotatable bonds is 4. The van der Waals surface area contributed by atoms with Crippen molar-refractivity contribution in [2.45, 2.75) is 33.1 Å². The molecule has 0 saturated carbocycles. The molecule has 20 heavy (non-hydrogen) atoms. The Bertz CT molecular complexity index is 638. The lowest BCUT2D eigenvalue weighted by molar-refractivity contribution is -0.386. The number of aryl methyl sites for hydroxylation is 1. The second kappa shape index (κ2) is 5.82. The third kappa shape index (κ3) is 2.54. The Kier molecular flexibility index (Phi) is 4.13. The fourth-order valence-electron chi connectivity index (χ4n) is 2.54. The van der Waals surface area contributed by atoms with Gasteiger partial charge in [0.15, 0.2) is 0 Å². The second-order valence-electron chi connectivity index (χ2n) is 4.91. The van der Waals surface area contributed by atoms with Crippen molar-refractivity contribution >= 4 is 5.69 Å². The molecule has 0 aliphatic heterocycles. The van der Waals surface area contributed by atoms with Crippen LogP contribution < -0.4 is 0 Å². The van der Waals surface area contributed by atoms with Gasteiger partial charge in [-0.25, -0.2) is 0 Å². The molecule has 0 spiro atoms. The van der Waals surface area contributed by atoms with Crippen LogP contribution in [-0.2, 0) is 0 Å². The summed E-state index contributed by atoms with van der Waals surface area (Å²) in [5.41, 5.74) is 4.14. The van der Waals surface area contributed by atoms with Gasteiger partial charge in [-0.1, -0.05) is 25.1 Å². The van der Waals surface area contributed by atoms with E-state index in [1.54, 1.807) is 12.3 Å². The lowest BCUT2D eigenvalue weighted by Crippen LogP contribution is -2.08. The summed E-state index contributed by atoms with van der Waals surface area (Å²) in [6.45, 7) is 6.14. The summed E-state index contributed by atoms with van der Waals surface area (Å²) in [5, 5.41) is 11.2. The highest BCUT2D eigenvalue weighted by atomic mass is 16.6. The zero-order valence-electron chi connectivity index (χ0n) is 12.0. The number of nitro groups is 1. The SMILES string of the molecule is CCC(c1cccc(C)c1C)c1ncccc1[N+](=O)[O-]. The van der Waals surface area contributed by atoms with Crippen molar-refractivity contribution in [1.82, 2.24) is 4.98 Å². The molecular formula is C16H18N2O2. The van der Waals surface area contributed by atoms with E-state index >= 15 is 0 Å². The molecule has 0 radical (unpaired) electrons. The summed E-state index contributed by atoms with van der Waals surface area (Å²) in [5.74, 6) is -0.0449. The molecule has 4 heteroatoms. The minimum absolute atomic E-state index is 0.0449. The topological polar surface area (TPSA) is 56.0 Å². The molecule has 2 aromatic rings. The van der Waals surface area contributed by atoms with Gasteiger partial charge < -0.3 is 0 Å². The quantitative estimate of drug-likeness (QED) is 0.619. The summed E-state index contributed by atoms with van der Waals surface area (Å²) in [4.78, 5) is 15.1. The van der Waals surface area contributed by atoms with Crippen LogP contribution in [0.15, 0.2) is 36.5 Å². The molecular weight excluding hydrogens is 252 g/mol. The number of hydrogen-bond acceptors (Lipinski definition) is 3. The van der Waals surface area contributed by atoms with Gasteiger partial charge in [0.1, 0.15) is 5.69 Å². The molecule has 1 aromatic heterocycles. The molecule has 1 heterocycles. The highest BCUT2D eigenvalue weighted by Crippen LogP contribution is 2.34. The first kappa shape index (κ1) is 14.2. The zero-order chi connectivity index (χ0) is 14.7. The Morgan fingerprint density at radius 2 is 2.00 bits per heavy atom. The van der Waals surface area contributed by atoms with Crippen LogP contribution in [0.4, 0.5) is 5.69 Å². The Hall–Kier alpha value is -2.23. The van der Waals surface area contributed by atoms with Crippen molar-refractivity contribution in [3.63, 3.8) is 0 Å². The number of hydrogen-bond donors (Lipinski definition) is 0. The average Bonchev–Trinajstić information content (AvgIpc) is 2.44. The van der Waals surface area contributed by atoms with Crippen LogP contribution in [0, 0.1) is 24.0 Å². The average molecular weight is 270 g/mol. The monoisotopic (exact) mass is 270 g/mol. The van der Waals surface area contributed by atoms with Gasteiger partial charge in [0.25, 0.3) is 5.69 Å².